The average molecular weight is 170 g/mol. The van der Waals surface area contributed by atoms with Crippen molar-refractivity contribution in [2.24, 2.45) is 22.8 Å². The van der Waals surface area contributed by atoms with E-state index in [9.17, 15) is 0 Å². The minimum Gasteiger partial charge on any atom is -0.313 e. The van der Waals surface area contributed by atoms with Gasteiger partial charge in [-0.15, -0.1) is 0 Å². The van der Waals surface area contributed by atoms with Crippen molar-refractivity contribution in [2.45, 2.75) is 52.1 Å². The molecule has 1 aliphatic rings. The maximum atomic E-state index is 5.86. The Morgan fingerprint density at radius 1 is 1.08 bits per heavy atom. The third-order valence-corrected chi connectivity index (χ3v) is 3.14. The van der Waals surface area contributed by atoms with Gasteiger partial charge in [0.1, 0.15) is 0 Å². The summed E-state index contributed by atoms with van der Waals surface area (Å²) in [6.45, 7) is 6.91. The molecule has 0 aromatic heterocycles. The lowest BCUT2D eigenvalue weighted by atomic mass is 9.70. The molecule has 0 spiro atoms. The van der Waals surface area contributed by atoms with Gasteiger partial charge in [-0.25, -0.2) is 0 Å². The van der Waals surface area contributed by atoms with Crippen molar-refractivity contribution in [1.82, 2.24) is 0 Å². The smallest absolute Gasteiger partial charge is 0.0636 e. The van der Waals surface area contributed by atoms with Gasteiger partial charge in [0, 0.05) is 0 Å². The van der Waals surface area contributed by atoms with Crippen molar-refractivity contribution in [3.8, 4) is 0 Å². The van der Waals surface area contributed by atoms with Gasteiger partial charge >= 0.3 is 0 Å². The summed E-state index contributed by atoms with van der Waals surface area (Å²) >= 11 is 0. The van der Waals surface area contributed by atoms with Gasteiger partial charge in [-0.2, -0.15) is 0 Å². The second kappa shape index (κ2) is 3.00. The summed E-state index contributed by atoms with van der Waals surface area (Å²) in [5, 5.41) is 0. The van der Waals surface area contributed by atoms with E-state index in [0.717, 1.165) is 18.8 Å². The molecule has 1 saturated carbocycles. The summed E-state index contributed by atoms with van der Waals surface area (Å²) in [5.41, 5.74) is 11.8. The third kappa shape index (κ3) is 2.46. The summed E-state index contributed by atoms with van der Waals surface area (Å²) in [5.74, 6) is 0.803. The molecule has 72 valence electrons. The molecule has 2 heteroatoms. The first-order chi connectivity index (χ1) is 5.31. The van der Waals surface area contributed by atoms with E-state index >= 15 is 0 Å². The van der Waals surface area contributed by atoms with E-state index in [-0.39, 0.29) is 5.66 Å². The van der Waals surface area contributed by atoms with Crippen molar-refractivity contribution < 1.29 is 0 Å². The second-order valence-electron chi connectivity index (χ2n) is 5.37. The molecule has 0 aromatic carbocycles. The predicted molar refractivity (Wildman–Crippen MR) is 52.5 cm³/mol. The van der Waals surface area contributed by atoms with Crippen molar-refractivity contribution in [3.05, 3.63) is 0 Å². The molecule has 0 aromatic rings. The summed E-state index contributed by atoms with van der Waals surface area (Å²) in [6.07, 6.45) is 4.34. The number of nitrogens with two attached hydrogens (primary N) is 2. The van der Waals surface area contributed by atoms with Gasteiger partial charge in [-0.3, -0.25) is 0 Å². The largest absolute Gasteiger partial charge is 0.313 e. The van der Waals surface area contributed by atoms with Gasteiger partial charge in [-0.05, 0) is 37.0 Å². The zero-order chi connectivity index (χ0) is 9.41. The van der Waals surface area contributed by atoms with Crippen LogP contribution in [-0.2, 0) is 0 Å². The highest BCUT2D eigenvalue weighted by Crippen LogP contribution is 2.38. The minimum absolute atomic E-state index is 0.373. The fourth-order valence-electron chi connectivity index (χ4n) is 2.02. The third-order valence-electron chi connectivity index (χ3n) is 3.14. The maximum absolute atomic E-state index is 5.86. The molecule has 4 N–H and O–H groups in total. The van der Waals surface area contributed by atoms with Crippen LogP contribution in [0.25, 0.3) is 0 Å². The zero-order valence-electron chi connectivity index (χ0n) is 8.56. The van der Waals surface area contributed by atoms with E-state index in [1.165, 1.54) is 12.8 Å². The number of hydrogen-bond donors (Lipinski definition) is 2. The van der Waals surface area contributed by atoms with Crippen LogP contribution in [0.5, 0.6) is 0 Å². The van der Waals surface area contributed by atoms with Crippen LogP contribution in [0.4, 0.5) is 0 Å². The summed E-state index contributed by atoms with van der Waals surface area (Å²) in [7, 11) is 0. The van der Waals surface area contributed by atoms with E-state index in [1.54, 1.807) is 0 Å². The summed E-state index contributed by atoms with van der Waals surface area (Å²) in [6, 6.07) is 0. The van der Waals surface area contributed by atoms with Crippen LogP contribution in [0.3, 0.4) is 0 Å². The monoisotopic (exact) mass is 170 g/mol. The van der Waals surface area contributed by atoms with E-state index < -0.39 is 0 Å². The van der Waals surface area contributed by atoms with Crippen LogP contribution < -0.4 is 11.5 Å². The molecule has 0 aliphatic heterocycles. The minimum atomic E-state index is -0.373. The molecule has 0 unspecified atom stereocenters. The quantitative estimate of drug-likeness (QED) is 0.545. The zero-order valence-corrected chi connectivity index (χ0v) is 8.56. The van der Waals surface area contributed by atoms with E-state index in [2.05, 4.69) is 20.8 Å². The Bertz CT molecular complexity index is 146. The average Bonchev–Trinajstić information content (AvgIpc) is 1.83. The van der Waals surface area contributed by atoms with Crippen LogP contribution in [0.1, 0.15) is 46.5 Å². The van der Waals surface area contributed by atoms with Crippen LogP contribution in [-0.4, -0.2) is 5.66 Å². The van der Waals surface area contributed by atoms with Crippen molar-refractivity contribution in [1.29, 1.82) is 0 Å². The molecule has 1 fully saturated rings. The van der Waals surface area contributed by atoms with Crippen LogP contribution in [0.15, 0.2) is 0 Å². The van der Waals surface area contributed by atoms with Crippen molar-refractivity contribution >= 4 is 0 Å². The molecule has 1 aliphatic carbocycles. The van der Waals surface area contributed by atoms with Crippen LogP contribution in [0.2, 0.25) is 0 Å². The highest BCUT2D eigenvalue weighted by molar-refractivity contribution is 4.88. The molecule has 2 nitrogen and oxygen atoms in total. The van der Waals surface area contributed by atoms with Gasteiger partial charge in [-0.1, -0.05) is 20.8 Å². The van der Waals surface area contributed by atoms with E-state index in [1.807, 2.05) is 0 Å². The van der Waals surface area contributed by atoms with Crippen molar-refractivity contribution in [2.75, 3.05) is 0 Å². The summed E-state index contributed by atoms with van der Waals surface area (Å²) < 4.78 is 0. The molecule has 12 heavy (non-hydrogen) atoms. The highest BCUT2D eigenvalue weighted by atomic mass is 15.0. The van der Waals surface area contributed by atoms with Crippen LogP contribution >= 0.6 is 0 Å². The standard InChI is InChI=1S/C10H22N2/c1-9(2,3)8-4-6-10(11,12)7-5-8/h8H,4-7,11-12H2,1-3H3. The van der Waals surface area contributed by atoms with Crippen LogP contribution in [0, 0.1) is 11.3 Å². The fraction of sp³-hybridized carbons (Fsp3) is 1.00. The Balaban J connectivity index is 2.47. The lowest BCUT2D eigenvalue weighted by Gasteiger charge is -2.40. The molecule has 0 saturated heterocycles. The highest BCUT2D eigenvalue weighted by Gasteiger charge is 2.33. The Kier molecular flexibility index (Phi) is 2.50. The fourth-order valence-corrected chi connectivity index (χ4v) is 2.02. The van der Waals surface area contributed by atoms with Gasteiger partial charge in [0.15, 0.2) is 0 Å². The first-order valence-corrected chi connectivity index (χ1v) is 4.89. The first kappa shape index (κ1) is 10.0. The molecule has 0 heterocycles. The van der Waals surface area contributed by atoms with Crippen molar-refractivity contribution in [3.63, 3.8) is 0 Å². The number of rotatable bonds is 0. The predicted octanol–water partition coefficient (Wildman–Crippen LogP) is 1.84. The molecule has 0 atom stereocenters. The molecule has 0 bridgehead atoms. The van der Waals surface area contributed by atoms with Gasteiger partial charge < -0.3 is 11.5 Å². The lowest BCUT2D eigenvalue weighted by molar-refractivity contribution is 0.137. The normalized spacial score (nSPS) is 25.8. The molecular weight excluding hydrogens is 148 g/mol. The number of hydrogen-bond acceptors (Lipinski definition) is 2. The maximum Gasteiger partial charge on any atom is 0.0636 e. The van der Waals surface area contributed by atoms with E-state index in [4.69, 9.17) is 11.5 Å². The molecule has 1 rings (SSSR count). The molecule has 0 radical (unpaired) electrons. The van der Waals surface area contributed by atoms with Gasteiger partial charge in [0.2, 0.25) is 0 Å². The second-order valence-corrected chi connectivity index (χ2v) is 5.37. The topological polar surface area (TPSA) is 52.0 Å². The Morgan fingerprint density at radius 3 is 1.83 bits per heavy atom. The SMILES string of the molecule is CC(C)(C)C1CCC(N)(N)CC1. The van der Waals surface area contributed by atoms with Gasteiger partial charge in [0.25, 0.3) is 0 Å². The summed E-state index contributed by atoms with van der Waals surface area (Å²) in [4.78, 5) is 0. The molecular formula is C10H22N2. The Hall–Kier alpha value is -0.0800. The lowest BCUT2D eigenvalue weighted by Crippen LogP contribution is -2.52. The van der Waals surface area contributed by atoms with E-state index in [0.29, 0.717) is 5.41 Å². The molecule has 0 amide bonds. The Morgan fingerprint density at radius 2 is 1.50 bits per heavy atom. The Labute approximate surface area is 75.7 Å². The first-order valence-electron chi connectivity index (χ1n) is 4.89. The van der Waals surface area contributed by atoms with Gasteiger partial charge in [0.05, 0.1) is 5.66 Å².